The summed E-state index contributed by atoms with van der Waals surface area (Å²) in [5, 5.41) is 8.50. The molecule has 1 aliphatic heterocycles. The second kappa shape index (κ2) is 8.20. The van der Waals surface area contributed by atoms with E-state index >= 15 is 0 Å². The van der Waals surface area contributed by atoms with Gasteiger partial charge in [-0.15, -0.1) is 11.3 Å². The van der Waals surface area contributed by atoms with Gasteiger partial charge in [0.05, 0.1) is 25.0 Å². The van der Waals surface area contributed by atoms with Crippen LogP contribution in [-0.2, 0) is 6.54 Å². The molecule has 0 bridgehead atoms. The minimum Gasteiger partial charge on any atom is -0.345 e. The maximum Gasteiger partial charge on any atom is 0.263 e. The lowest BCUT2D eigenvalue weighted by molar-refractivity contribution is 0.0943. The van der Waals surface area contributed by atoms with E-state index in [-0.39, 0.29) is 11.9 Å². The molecule has 0 spiro atoms. The predicted octanol–water partition coefficient (Wildman–Crippen LogP) is 3.12. The minimum atomic E-state index is -0.158. The lowest BCUT2D eigenvalue weighted by atomic mass is 10.1. The van der Waals surface area contributed by atoms with Crippen molar-refractivity contribution in [3.05, 3.63) is 57.9 Å². The van der Waals surface area contributed by atoms with Crippen LogP contribution in [0, 0.1) is 6.92 Å². The van der Waals surface area contributed by atoms with Gasteiger partial charge >= 0.3 is 0 Å². The van der Waals surface area contributed by atoms with Crippen molar-refractivity contribution in [3.8, 4) is 5.82 Å². The maximum absolute atomic E-state index is 12.7. The van der Waals surface area contributed by atoms with Crippen LogP contribution in [0.25, 0.3) is 5.82 Å². The number of pyridine rings is 1. The van der Waals surface area contributed by atoms with Gasteiger partial charge in [-0.05, 0) is 51.9 Å². The van der Waals surface area contributed by atoms with E-state index in [0.717, 1.165) is 41.7 Å². The number of likely N-dealkylation sites (tertiary alicyclic amines) is 1. The summed E-state index contributed by atoms with van der Waals surface area (Å²) in [6.07, 6.45) is 7.72. The third-order valence-electron chi connectivity index (χ3n) is 5.06. The van der Waals surface area contributed by atoms with Gasteiger partial charge in [-0.3, -0.25) is 9.69 Å². The van der Waals surface area contributed by atoms with E-state index in [1.54, 1.807) is 23.3 Å². The fraction of sp³-hybridized carbons (Fsp3) is 0.400. The SMILES string of the molecule is Cc1c([C@@H](C)NC(=O)c2cnc(CN3CCCC3)s2)cnn1-c1ccccn1. The number of nitrogens with one attached hydrogen (secondary N) is 1. The zero-order chi connectivity index (χ0) is 19.5. The molecule has 146 valence electrons. The summed E-state index contributed by atoms with van der Waals surface area (Å²) < 4.78 is 1.79. The Bertz CT molecular complexity index is 945. The molecular weight excluding hydrogens is 372 g/mol. The summed E-state index contributed by atoms with van der Waals surface area (Å²) >= 11 is 1.48. The number of carbonyl (C=O) groups is 1. The minimum absolute atomic E-state index is 0.0948. The van der Waals surface area contributed by atoms with E-state index < -0.39 is 0 Å². The fourth-order valence-corrected chi connectivity index (χ4v) is 4.39. The molecule has 0 saturated carbocycles. The summed E-state index contributed by atoms with van der Waals surface area (Å²) in [5.74, 6) is 0.668. The molecule has 0 aromatic carbocycles. The smallest absolute Gasteiger partial charge is 0.263 e. The van der Waals surface area contributed by atoms with Crippen LogP contribution >= 0.6 is 11.3 Å². The van der Waals surface area contributed by atoms with Gasteiger partial charge in [-0.25, -0.2) is 14.6 Å². The normalized spacial score (nSPS) is 15.6. The number of nitrogens with zero attached hydrogens (tertiary/aromatic N) is 5. The Kier molecular flexibility index (Phi) is 5.50. The predicted molar refractivity (Wildman–Crippen MR) is 109 cm³/mol. The molecule has 28 heavy (non-hydrogen) atoms. The first-order chi connectivity index (χ1) is 13.6. The second-order valence-electron chi connectivity index (χ2n) is 7.08. The monoisotopic (exact) mass is 396 g/mol. The molecule has 0 aliphatic carbocycles. The van der Waals surface area contributed by atoms with Crippen LogP contribution in [0.5, 0.6) is 0 Å². The molecule has 1 fully saturated rings. The lowest BCUT2D eigenvalue weighted by Crippen LogP contribution is -2.26. The van der Waals surface area contributed by atoms with E-state index in [2.05, 4.69) is 25.3 Å². The van der Waals surface area contributed by atoms with Gasteiger partial charge in [0.2, 0.25) is 0 Å². The molecule has 0 radical (unpaired) electrons. The van der Waals surface area contributed by atoms with Crippen molar-refractivity contribution >= 4 is 17.2 Å². The first kappa shape index (κ1) is 18.8. The first-order valence-electron chi connectivity index (χ1n) is 9.55. The molecule has 1 aliphatic rings. The van der Waals surface area contributed by atoms with Crippen molar-refractivity contribution < 1.29 is 4.79 Å². The molecule has 3 aromatic heterocycles. The highest BCUT2D eigenvalue weighted by Gasteiger charge is 2.20. The Labute approximate surface area is 168 Å². The van der Waals surface area contributed by atoms with Crippen molar-refractivity contribution in [1.29, 1.82) is 0 Å². The highest BCUT2D eigenvalue weighted by atomic mass is 32.1. The highest BCUT2D eigenvalue weighted by Crippen LogP contribution is 2.22. The summed E-state index contributed by atoms with van der Waals surface area (Å²) in [6.45, 7) is 7.04. The fourth-order valence-electron chi connectivity index (χ4n) is 3.52. The van der Waals surface area contributed by atoms with Crippen LogP contribution in [-0.4, -0.2) is 43.6 Å². The zero-order valence-electron chi connectivity index (χ0n) is 16.1. The van der Waals surface area contributed by atoms with Gasteiger partial charge in [0.1, 0.15) is 9.88 Å². The average Bonchev–Trinajstić information content (AvgIpc) is 3.44. The van der Waals surface area contributed by atoms with Crippen molar-refractivity contribution in [2.45, 2.75) is 39.3 Å². The average molecular weight is 397 g/mol. The number of aromatic nitrogens is 4. The zero-order valence-corrected chi connectivity index (χ0v) is 16.9. The molecule has 4 heterocycles. The van der Waals surface area contributed by atoms with Gasteiger partial charge in [-0.2, -0.15) is 5.10 Å². The van der Waals surface area contributed by atoms with Crippen LogP contribution in [0.15, 0.2) is 36.8 Å². The van der Waals surface area contributed by atoms with Crippen LogP contribution in [0.2, 0.25) is 0 Å². The molecule has 1 saturated heterocycles. The number of rotatable bonds is 6. The summed E-state index contributed by atoms with van der Waals surface area (Å²) in [5.41, 5.74) is 1.94. The topological polar surface area (TPSA) is 75.9 Å². The molecule has 1 N–H and O–H groups in total. The number of carbonyl (C=O) groups excluding carboxylic acids is 1. The molecule has 1 atom stereocenters. The summed E-state index contributed by atoms with van der Waals surface area (Å²) in [7, 11) is 0. The molecule has 0 unspecified atom stereocenters. The van der Waals surface area contributed by atoms with E-state index in [1.165, 1.54) is 24.2 Å². The lowest BCUT2D eigenvalue weighted by Gasteiger charge is -2.13. The van der Waals surface area contributed by atoms with Gasteiger partial charge in [0.25, 0.3) is 5.91 Å². The maximum atomic E-state index is 12.7. The Hall–Kier alpha value is -2.58. The third kappa shape index (κ3) is 3.98. The van der Waals surface area contributed by atoms with E-state index in [0.29, 0.717) is 4.88 Å². The van der Waals surface area contributed by atoms with Crippen LogP contribution in [0.1, 0.15) is 51.7 Å². The Morgan fingerprint density at radius 2 is 2.07 bits per heavy atom. The molecular formula is C20H24N6OS. The Balaban J connectivity index is 1.42. The molecule has 3 aromatic rings. The van der Waals surface area contributed by atoms with Crippen molar-refractivity contribution in [3.63, 3.8) is 0 Å². The quantitative estimate of drug-likeness (QED) is 0.693. The first-order valence-corrected chi connectivity index (χ1v) is 10.4. The van der Waals surface area contributed by atoms with Gasteiger partial charge in [-0.1, -0.05) is 6.07 Å². The summed E-state index contributed by atoms with van der Waals surface area (Å²) in [6, 6.07) is 5.55. The molecule has 1 amide bonds. The van der Waals surface area contributed by atoms with E-state index in [9.17, 15) is 4.79 Å². The third-order valence-corrected chi connectivity index (χ3v) is 6.04. The van der Waals surface area contributed by atoms with Crippen molar-refractivity contribution in [1.82, 2.24) is 30.0 Å². The summed E-state index contributed by atoms with van der Waals surface area (Å²) in [4.78, 5) is 24.5. The van der Waals surface area contributed by atoms with Crippen LogP contribution < -0.4 is 5.32 Å². The second-order valence-corrected chi connectivity index (χ2v) is 8.20. The number of hydrogen-bond acceptors (Lipinski definition) is 6. The molecule has 4 rings (SSSR count). The number of amides is 1. The standard InChI is InChI=1S/C20H24N6OS/c1-14(16-11-23-26(15(16)2)18-7-3-4-8-21-18)24-20(27)17-12-22-19(28-17)13-25-9-5-6-10-25/h3-4,7-8,11-12,14H,5-6,9-10,13H2,1-2H3,(H,24,27)/t14-/m1/s1. The number of thiazole rings is 1. The van der Waals surface area contributed by atoms with Crippen LogP contribution in [0.3, 0.4) is 0 Å². The Morgan fingerprint density at radius 1 is 1.25 bits per heavy atom. The molecule has 7 nitrogen and oxygen atoms in total. The molecule has 8 heteroatoms. The highest BCUT2D eigenvalue weighted by molar-refractivity contribution is 7.13. The van der Waals surface area contributed by atoms with Crippen molar-refractivity contribution in [2.24, 2.45) is 0 Å². The largest absolute Gasteiger partial charge is 0.345 e. The van der Waals surface area contributed by atoms with Gasteiger partial charge < -0.3 is 5.32 Å². The van der Waals surface area contributed by atoms with Gasteiger partial charge in [0, 0.05) is 17.5 Å². The van der Waals surface area contributed by atoms with Gasteiger partial charge in [0.15, 0.2) is 5.82 Å². The number of hydrogen-bond donors (Lipinski definition) is 1. The van der Waals surface area contributed by atoms with Crippen LogP contribution in [0.4, 0.5) is 0 Å². The van der Waals surface area contributed by atoms with E-state index in [1.807, 2.05) is 32.0 Å². The van der Waals surface area contributed by atoms with Crippen molar-refractivity contribution in [2.75, 3.05) is 13.1 Å². The Morgan fingerprint density at radius 3 is 2.82 bits per heavy atom. The van der Waals surface area contributed by atoms with E-state index in [4.69, 9.17) is 0 Å².